The molecule has 0 fully saturated rings. The SMILES string of the molecule is CCN(CC(C)C#N)C(=O)Nc1ccc(Cl)c(C(=O)O)c1. The van der Waals surface area contributed by atoms with E-state index in [1.165, 1.54) is 23.1 Å². The second-order valence-corrected chi connectivity index (χ2v) is 4.91. The molecule has 2 amide bonds. The summed E-state index contributed by atoms with van der Waals surface area (Å²) in [7, 11) is 0. The summed E-state index contributed by atoms with van der Waals surface area (Å²) in [4.78, 5) is 24.6. The highest BCUT2D eigenvalue weighted by Crippen LogP contribution is 2.21. The molecule has 0 aliphatic heterocycles. The zero-order chi connectivity index (χ0) is 16.0. The van der Waals surface area contributed by atoms with Crippen molar-refractivity contribution in [2.45, 2.75) is 13.8 Å². The van der Waals surface area contributed by atoms with E-state index in [1.54, 1.807) is 13.8 Å². The van der Waals surface area contributed by atoms with Crippen LogP contribution in [0.1, 0.15) is 24.2 Å². The lowest BCUT2D eigenvalue weighted by molar-refractivity contribution is 0.0697. The molecule has 1 unspecified atom stereocenters. The Balaban J connectivity index is 2.85. The summed E-state index contributed by atoms with van der Waals surface area (Å²) in [6.45, 7) is 4.27. The van der Waals surface area contributed by atoms with Gasteiger partial charge in [0.25, 0.3) is 0 Å². The highest BCUT2D eigenvalue weighted by Gasteiger charge is 2.16. The van der Waals surface area contributed by atoms with Gasteiger partial charge in [-0.15, -0.1) is 0 Å². The Hall–Kier alpha value is -2.26. The molecule has 0 bridgehead atoms. The second-order valence-electron chi connectivity index (χ2n) is 4.50. The average Bonchev–Trinajstić information content (AvgIpc) is 2.45. The van der Waals surface area contributed by atoms with Gasteiger partial charge in [-0.25, -0.2) is 9.59 Å². The molecular formula is C14H16ClN3O3. The number of hydrogen-bond acceptors (Lipinski definition) is 3. The van der Waals surface area contributed by atoms with Gasteiger partial charge in [-0.3, -0.25) is 0 Å². The van der Waals surface area contributed by atoms with Crippen LogP contribution in [0.4, 0.5) is 10.5 Å². The smallest absolute Gasteiger partial charge is 0.337 e. The third-order valence-electron chi connectivity index (χ3n) is 2.83. The number of amides is 2. The van der Waals surface area contributed by atoms with Crippen molar-refractivity contribution in [3.8, 4) is 6.07 Å². The van der Waals surface area contributed by atoms with Crippen molar-refractivity contribution in [3.05, 3.63) is 28.8 Å². The zero-order valence-electron chi connectivity index (χ0n) is 11.8. The maximum absolute atomic E-state index is 12.1. The van der Waals surface area contributed by atoms with Crippen molar-refractivity contribution in [2.24, 2.45) is 5.92 Å². The van der Waals surface area contributed by atoms with Gasteiger partial charge in [0, 0.05) is 18.8 Å². The standard InChI is InChI=1S/C14H16ClN3O3/c1-3-18(8-9(2)7-16)14(21)17-10-4-5-12(15)11(6-10)13(19)20/h4-6,9H,3,8H2,1-2H3,(H,17,21)(H,19,20). The molecule has 0 saturated carbocycles. The van der Waals surface area contributed by atoms with E-state index in [0.717, 1.165) is 0 Å². The van der Waals surface area contributed by atoms with Crippen LogP contribution in [0.15, 0.2) is 18.2 Å². The van der Waals surface area contributed by atoms with Crippen molar-refractivity contribution in [3.63, 3.8) is 0 Å². The largest absolute Gasteiger partial charge is 0.478 e. The van der Waals surface area contributed by atoms with Crippen LogP contribution in [0.25, 0.3) is 0 Å². The Kier molecular flexibility index (Phi) is 6.00. The Morgan fingerprint density at radius 3 is 2.71 bits per heavy atom. The molecule has 0 aromatic heterocycles. The van der Waals surface area contributed by atoms with Gasteiger partial charge in [0.15, 0.2) is 0 Å². The molecule has 2 N–H and O–H groups in total. The number of carbonyl (C=O) groups excluding carboxylic acids is 1. The van der Waals surface area contributed by atoms with Gasteiger partial charge in [-0.1, -0.05) is 11.6 Å². The van der Waals surface area contributed by atoms with E-state index in [0.29, 0.717) is 18.8 Å². The normalized spacial score (nSPS) is 11.3. The number of carbonyl (C=O) groups is 2. The van der Waals surface area contributed by atoms with Crippen LogP contribution in [0.2, 0.25) is 5.02 Å². The molecule has 112 valence electrons. The maximum atomic E-state index is 12.1. The van der Waals surface area contributed by atoms with Crippen molar-refractivity contribution in [2.75, 3.05) is 18.4 Å². The van der Waals surface area contributed by atoms with Crippen LogP contribution in [-0.4, -0.2) is 35.1 Å². The first-order chi connectivity index (χ1) is 9.88. The third kappa shape index (κ3) is 4.65. The lowest BCUT2D eigenvalue weighted by Crippen LogP contribution is -2.37. The number of nitrogens with one attached hydrogen (secondary N) is 1. The maximum Gasteiger partial charge on any atom is 0.337 e. The summed E-state index contributed by atoms with van der Waals surface area (Å²) in [6, 6.07) is 5.90. The summed E-state index contributed by atoms with van der Waals surface area (Å²) in [5.74, 6) is -1.45. The fourth-order valence-electron chi connectivity index (χ4n) is 1.70. The van der Waals surface area contributed by atoms with Crippen LogP contribution >= 0.6 is 11.6 Å². The highest BCUT2D eigenvalue weighted by molar-refractivity contribution is 6.33. The zero-order valence-corrected chi connectivity index (χ0v) is 12.5. The quantitative estimate of drug-likeness (QED) is 0.874. The summed E-state index contributed by atoms with van der Waals surface area (Å²) in [5, 5.41) is 20.5. The second kappa shape index (κ2) is 7.50. The topological polar surface area (TPSA) is 93.4 Å². The van der Waals surface area contributed by atoms with Crippen molar-refractivity contribution in [1.82, 2.24) is 4.90 Å². The number of carboxylic acid groups (broad SMARTS) is 1. The van der Waals surface area contributed by atoms with Gasteiger partial charge in [0.1, 0.15) is 0 Å². The number of carboxylic acids is 1. The number of rotatable bonds is 5. The number of nitrogens with zero attached hydrogens (tertiary/aromatic N) is 2. The first-order valence-electron chi connectivity index (χ1n) is 6.37. The van der Waals surface area contributed by atoms with E-state index in [4.69, 9.17) is 22.0 Å². The van der Waals surface area contributed by atoms with Crippen molar-refractivity contribution in [1.29, 1.82) is 5.26 Å². The number of aromatic carboxylic acids is 1. The molecule has 1 atom stereocenters. The molecule has 0 spiro atoms. The molecule has 7 heteroatoms. The third-order valence-corrected chi connectivity index (χ3v) is 3.16. The van der Waals surface area contributed by atoms with Crippen LogP contribution in [0, 0.1) is 17.2 Å². The van der Waals surface area contributed by atoms with Gasteiger partial charge in [0.2, 0.25) is 0 Å². The van der Waals surface area contributed by atoms with E-state index >= 15 is 0 Å². The average molecular weight is 310 g/mol. The molecule has 21 heavy (non-hydrogen) atoms. The lowest BCUT2D eigenvalue weighted by Gasteiger charge is -2.22. The number of halogens is 1. The lowest BCUT2D eigenvalue weighted by atomic mass is 10.2. The molecule has 6 nitrogen and oxygen atoms in total. The van der Waals surface area contributed by atoms with E-state index in [1.807, 2.05) is 0 Å². The Labute approximate surface area is 127 Å². The molecule has 0 radical (unpaired) electrons. The summed E-state index contributed by atoms with van der Waals surface area (Å²) >= 11 is 5.77. The Morgan fingerprint density at radius 2 is 2.19 bits per heavy atom. The molecule has 0 heterocycles. The van der Waals surface area contributed by atoms with Crippen molar-refractivity contribution < 1.29 is 14.7 Å². The molecular weight excluding hydrogens is 294 g/mol. The van der Waals surface area contributed by atoms with Crippen LogP contribution in [0.5, 0.6) is 0 Å². The van der Waals surface area contributed by atoms with Crippen molar-refractivity contribution >= 4 is 29.3 Å². The monoisotopic (exact) mass is 309 g/mol. The van der Waals surface area contributed by atoms with Gasteiger partial charge in [0.05, 0.1) is 22.6 Å². The summed E-state index contributed by atoms with van der Waals surface area (Å²) in [5.41, 5.74) is 0.257. The van der Waals surface area contributed by atoms with E-state index in [2.05, 4.69) is 11.4 Å². The van der Waals surface area contributed by atoms with Gasteiger partial charge in [-0.05, 0) is 32.0 Å². The number of benzene rings is 1. The molecule has 1 aromatic rings. The molecule has 0 aliphatic rings. The fourth-order valence-corrected chi connectivity index (χ4v) is 1.89. The summed E-state index contributed by atoms with van der Waals surface area (Å²) < 4.78 is 0. The predicted molar refractivity (Wildman–Crippen MR) is 79.5 cm³/mol. The fraction of sp³-hybridized carbons (Fsp3) is 0.357. The predicted octanol–water partition coefficient (Wildman–Crippen LogP) is 3.05. The van der Waals surface area contributed by atoms with Gasteiger partial charge >= 0.3 is 12.0 Å². The Bertz CT molecular complexity index is 583. The van der Waals surface area contributed by atoms with E-state index in [-0.39, 0.29) is 16.5 Å². The summed E-state index contributed by atoms with van der Waals surface area (Å²) in [6.07, 6.45) is 0. The van der Waals surface area contributed by atoms with E-state index in [9.17, 15) is 9.59 Å². The number of anilines is 1. The van der Waals surface area contributed by atoms with E-state index < -0.39 is 12.0 Å². The van der Waals surface area contributed by atoms with Gasteiger partial charge < -0.3 is 15.3 Å². The molecule has 0 aliphatic carbocycles. The number of hydrogen-bond donors (Lipinski definition) is 2. The molecule has 1 rings (SSSR count). The minimum absolute atomic E-state index is 0.0806. The van der Waals surface area contributed by atoms with Crippen LogP contribution in [0.3, 0.4) is 0 Å². The minimum Gasteiger partial charge on any atom is -0.478 e. The molecule has 1 aromatic carbocycles. The van der Waals surface area contributed by atoms with Crippen LogP contribution < -0.4 is 5.32 Å². The Morgan fingerprint density at radius 1 is 1.52 bits per heavy atom. The first kappa shape index (κ1) is 16.8. The molecule has 0 saturated heterocycles. The number of nitriles is 1. The van der Waals surface area contributed by atoms with Gasteiger partial charge in [-0.2, -0.15) is 5.26 Å². The minimum atomic E-state index is -1.17. The highest BCUT2D eigenvalue weighted by atomic mass is 35.5. The number of urea groups is 1. The van der Waals surface area contributed by atoms with Crippen LogP contribution in [-0.2, 0) is 0 Å². The first-order valence-corrected chi connectivity index (χ1v) is 6.75.